The van der Waals surface area contributed by atoms with Gasteiger partial charge in [-0.3, -0.25) is 0 Å². The standard InChI is InChI=1S/C16H30O2/c1-5-13(17)7-6-10-18-14-11-12-8-9-16(14,4)15(12,2)3/h12-14,17H,5-11H2,1-4H3. The minimum atomic E-state index is -0.138. The van der Waals surface area contributed by atoms with Crippen molar-refractivity contribution in [1.29, 1.82) is 0 Å². The lowest BCUT2D eigenvalue weighted by atomic mass is 9.70. The predicted octanol–water partition coefficient (Wildman–Crippen LogP) is 3.77. The molecule has 0 aliphatic heterocycles. The van der Waals surface area contributed by atoms with Crippen molar-refractivity contribution in [3.8, 4) is 0 Å². The second kappa shape index (κ2) is 5.13. The Morgan fingerprint density at radius 1 is 1.33 bits per heavy atom. The van der Waals surface area contributed by atoms with Crippen LogP contribution in [0.4, 0.5) is 0 Å². The Hall–Kier alpha value is -0.0800. The zero-order valence-electron chi connectivity index (χ0n) is 12.5. The monoisotopic (exact) mass is 254 g/mol. The smallest absolute Gasteiger partial charge is 0.0636 e. The van der Waals surface area contributed by atoms with Gasteiger partial charge >= 0.3 is 0 Å². The molecule has 2 aliphatic carbocycles. The first-order valence-electron chi connectivity index (χ1n) is 7.71. The maximum Gasteiger partial charge on any atom is 0.0636 e. The Morgan fingerprint density at radius 2 is 2.06 bits per heavy atom. The predicted molar refractivity (Wildman–Crippen MR) is 74.5 cm³/mol. The van der Waals surface area contributed by atoms with Gasteiger partial charge in [-0.2, -0.15) is 0 Å². The third-order valence-corrected chi connectivity index (χ3v) is 6.19. The summed E-state index contributed by atoms with van der Waals surface area (Å²) in [4.78, 5) is 0. The molecule has 2 bridgehead atoms. The van der Waals surface area contributed by atoms with Crippen LogP contribution in [-0.2, 0) is 4.74 Å². The van der Waals surface area contributed by atoms with Crippen molar-refractivity contribution in [3.05, 3.63) is 0 Å². The molecule has 0 amide bonds. The number of hydrogen-bond acceptors (Lipinski definition) is 2. The van der Waals surface area contributed by atoms with Gasteiger partial charge in [0.2, 0.25) is 0 Å². The highest BCUT2D eigenvalue weighted by atomic mass is 16.5. The van der Waals surface area contributed by atoms with E-state index < -0.39 is 0 Å². The van der Waals surface area contributed by atoms with Crippen LogP contribution in [0.1, 0.15) is 66.2 Å². The average Bonchev–Trinajstić information content (AvgIpc) is 2.67. The normalized spacial score (nSPS) is 39.2. The van der Waals surface area contributed by atoms with Gasteiger partial charge in [-0.1, -0.05) is 27.7 Å². The van der Waals surface area contributed by atoms with E-state index in [4.69, 9.17) is 4.74 Å². The topological polar surface area (TPSA) is 29.5 Å². The van der Waals surface area contributed by atoms with E-state index in [0.29, 0.717) is 16.9 Å². The van der Waals surface area contributed by atoms with E-state index in [1.807, 2.05) is 6.92 Å². The average molecular weight is 254 g/mol. The highest BCUT2D eigenvalue weighted by Gasteiger charge is 2.61. The number of aliphatic hydroxyl groups is 1. The summed E-state index contributed by atoms with van der Waals surface area (Å²) < 4.78 is 6.16. The van der Waals surface area contributed by atoms with Crippen molar-refractivity contribution in [1.82, 2.24) is 0 Å². The molecule has 2 nitrogen and oxygen atoms in total. The Kier molecular flexibility index (Phi) is 4.08. The summed E-state index contributed by atoms with van der Waals surface area (Å²) in [5.41, 5.74) is 0.821. The van der Waals surface area contributed by atoms with Crippen molar-refractivity contribution in [2.75, 3.05) is 6.61 Å². The fourth-order valence-electron chi connectivity index (χ4n) is 4.13. The molecular weight excluding hydrogens is 224 g/mol. The number of aliphatic hydroxyl groups excluding tert-OH is 1. The van der Waals surface area contributed by atoms with E-state index in [-0.39, 0.29) is 6.10 Å². The number of fused-ring (bicyclic) bond motifs is 2. The van der Waals surface area contributed by atoms with Crippen LogP contribution in [0.25, 0.3) is 0 Å². The van der Waals surface area contributed by atoms with Gasteiger partial charge in [-0.15, -0.1) is 0 Å². The molecular formula is C16H30O2. The molecule has 2 fully saturated rings. The van der Waals surface area contributed by atoms with Gasteiger partial charge < -0.3 is 9.84 Å². The molecule has 4 atom stereocenters. The second-order valence-electron chi connectivity index (χ2n) is 7.17. The first-order chi connectivity index (χ1) is 8.41. The molecule has 0 aromatic carbocycles. The van der Waals surface area contributed by atoms with E-state index in [2.05, 4.69) is 20.8 Å². The SMILES string of the molecule is CCC(O)CCCOC1CC2CCC1(C)C2(C)C. The van der Waals surface area contributed by atoms with Gasteiger partial charge in [-0.25, -0.2) is 0 Å². The summed E-state index contributed by atoms with van der Waals surface area (Å²) >= 11 is 0. The lowest BCUT2D eigenvalue weighted by molar-refractivity contribution is -0.0493. The molecule has 2 rings (SSSR count). The van der Waals surface area contributed by atoms with Gasteiger partial charge in [0.05, 0.1) is 12.2 Å². The summed E-state index contributed by atoms with van der Waals surface area (Å²) in [6, 6.07) is 0. The van der Waals surface area contributed by atoms with Crippen LogP contribution in [0, 0.1) is 16.7 Å². The molecule has 0 spiro atoms. The van der Waals surface area contributed by atoms with E-state index in [1.165, 1.54) is 19.3 Å². The fraction of sp³-hybridized carbons (Fsp3) is 1.00. The highest BCUT2D eigenvalue weighted by molar-refractivity contribution is 5.11. The summed E-state index contributed by atoms with van der Waals surface area (Å²) in [6.07, 6.45) is 7.01. The van der Waals surface area contributed by atoms with Crippen LogP contribution >= 0.6 is 0 Å². The van der Waals surface area contributed by atoms with E-state index >= 15 is 0 Å². The molecule has 106 valence electrons. The first kappa shape index (κ1) is 14.3. The highest BCUT2D eigenvalue weighted by Crippen LogP contribution is 2.66. The van der Waals surface area contributed by atoms with Crippen LogP contribution in [0.15, 0.2) is 0 Å². The molecule has 4 unspecified atom stereocenters. The third kappa shape index (κ3) is 2.22. The van der Waals surface area contributed by atoms with Crippen molar-refractivity contribution in [3.63, 3.8) is 0 Å². The lowest BCUT2D eigenvalue weighted by Crippen LogP contribution is -2.37. The maximum absolute atomic E-state index is 9.53. The van der Waals surface area contributed by atoms with Gasteiger partial charge in [0.15, 0.2) is 0 Å². The lowest BCUT2D eigenvalue weighted by Gasteiger charge is -2.39. The Labute approximate surface area is 112 Å². The second-order valence-corrected chi connectivity index (χ2v) is 7.17. The summed E-state index contributed by atoms with van der Waals surface area (Å²) in [7, 11) is 0. The van der Waals surface area contributed by atoms with E-state index in [1.54, 1.807) is 0 Å². The fourth-order valence-corrected chi connectivity index (χ4v) is 4.13. The molecule has 0 radical (unpaired) electrons. The Morgan fingerprint density at radius 3 is 2.56 bits per heavy atom. The van der Waals surface area contributed by atoms with E-state index in [9.17, 15) is 5.11 Å². The molecule has 2 heteroatoms. The van der Waals surface area contributed by atoms with Crippen molar-refractivity contribution < 1.29 is 9.84 Å². The molecule has 2 aliphatic rings. The number of ether oxygens (including phenoxy) is 1. The summed E-state index contributed by atoms with van der Waals surface area (Å²) in [5, 5.41) is 9.53. The van der Waals surface area contributed by atoms with Crippen molar-refractivity contribution in [2.45, 2.75) is 78.4 Å². The van der Waals surface area contributed by atoms with Crippen LogP contribution < -0.4 is 0 Å². The number of rotatable bonds is 6. The van der Waals surface area contributed by atoms with Crippen molar-refractivity contribution >= 4 is 0 Å². The third-order valence-electron chi connectivity index (χ3n) is 6.19. The quantitative estimate of drug-likeness (QED) is 0.731. The number of hydrogen-bond donors (Lipinski definition) is 1. The molecule has 2 saturated carbocycles. The zero-order chi connectivity index (χ0) is 13.4. The molecule has 18 heavy (non-hydrogen) atoms. The zero-order valence-corrected chi connectivity index (χ0v) is 12.5. The molecule has 0 aromatic rings. The molecule has 0 saturated heterocycles. The minimum absolute atomic E-state index is 0.138. The Bertz CT molecular complexity index is 287. The largest absolute Gasteiger partial charge is 0.393 e. The van der Waals surface area contributed by atoms with E-state index in [0.717, 1.165) is 31.8 Å². The van der Waals surface area contributed by atoms with Crippen LogP contribution in [-0.4, -0.2) is 23.9 Å². The summed E-state index contributed by atoms with van der Waals surface area (Å²) in [6.45, 7) is 10.1. The molecule has 0 aromatic heterocycles. The molecule has 0 heterocycles. The van der Waals surface area contributed by atoms with Crippen LogP contribution in [0.5, 0.6) is 0 Å². The van der Waals surface area contributed by atoms with Crippen LogP contribution in [0.3, 0.4) is 0 Å². The van der Waals surface area contributed by atoms with Gasteiger partial charge in [-0.05, 0) is 55.3 Å². The van der Waals surface area contributed by atoms with Gasteiger partial charge in [0, 0.05) is 6.61 Å². The van der Waals surface area contributed by atoms with Crippen LogP contribution in [0.2, 0.25) is 0 Å². The summed E-state index contributed by atoms with van der Waals surface area (Å²) in [5.74, 6) is 0.855. The molecule has 1 N–H and O–H groups in total. The Balaban J connectivity index is 1.79. The first-order valence-corrected chi connectivity index (χ1v) is 7.71. The maximum atomic E-state index is 9.53. The van der Waals surface area contributed by atoms with Gasteiger partial charge in [0.25, 0.3) is 0 Å². The van der Waals surface area contributed by atoms with Crippen molar-refractivity contribution in [2.24, 2.45) is 16.7 Å². The minimum Gasteiger partial charge on any atom is -0.393 e. The van der Waals surface area contributed by atoms with Gasteiger partial charge in [0.1, 0.15) is 0 Å².